The second kappa shape index (κ2) is 4.46. The topological polar surface area (TPSA) is 17.1 Å². The minimum absolute atomic E-state index is 0.261. The van der Waals surface area contributed by atoms with E-state index in [1.807, 2.05) is 12.2 Å². The number of ketones is 1. The van der Waals surface area contributed by atoms with Crippen molar-refractivity contribution in [2.75, 3.05) is 0 Å². The quantitative estimate of drug-likeness (QED) is 0.659. The summed E-state index contributed by atoms with van der Waals surface area (Å²) >= 11 is 5.79. The number of hydrogen-bond donors (Lipinski definition) is 0. The Bertz CT molecular complexity index is 238. The molecule has 0 spiro atoms. The largest absolute Gasteiger partial charge is 0.300 e. The van der Waals surface area contributed by atoms with E-state index in [2.05, 4.69) is 0 Å². The number of Topliss-reactive ketones (excluding diaryl/α,β-unsaturated/α-hetero) is 1. The van der Waals surface area contributed by atoms with E-state index in [4.69, 9.17) is 11.6 Å². The zero-order valence-electron chi connectivity index (χ0n) is 7.27. The molecular formula is C10H13ClO. The van der Waals surface area contributed by atoms with Crippen LogP contribution in [0, 0.1) is 0 Å². The van der Waals surface area contributed by atoms with Gasteiger partial charge < -0.3 is 4.79 Å². The molecule has 0 aromatic rings. The predicted octanol–water partition coefficient (Wildman–Crippen LogP) is 3.20. The number of halogens is 1. The number of allylic oxidation sites excluding steroid dienone is 4. The Hall–Kier alpha value is -0.560. The van der Waals surface area contributed by atoms with Gasteiger partial charge in [-0.3, -0.25) is 0 Å². The van der Waals surface area contributed by atoms with Crippen molar-refractivity contribution in [2.45, 2.75) is 32.6 Å². The molecule has 0 saturated heterocycles. The van der Waals surface area contributed by atoms with E-state index in [9.17, 15) is 4.79 Å². The lowest BCUT2D eigenvalue weighted by molar-refractivity contribution is -0.116. The maximum atomic E-state index is 10.7. The molecule has 0 heterocycles. The molecule has 0 unspecified atom stereocenters. The van der Waals surface area contributed by atoms with Crippen molar-refractivity contribution >= 4 is 17.4 Å². The number of carbonyl (C=O) groups is 1. The fraction of sp³-hybridized carbons (Fsp3) is 0.500. The second-order valence-corrected chi connectivity index (χ2v) is 3.63. The highest BCUT2D eigenvalue weighted by molar-refractivity contribution is 6.29. The molecule has 1 rings (SSSR count). The highest BCUT2D eigenvalue weighted by atomic mass is 35.5. The van der Waals surface area contributed by atoms with Crippen LogP contribution >= 0.6 is 11.6 Å². The van der Waals surface area contributed by atoms with E-state index in [0.29, 0.717) is 6.42 Å². The first-order valence-corrected chi connectivity index (χ1v) is 4.60. The molecular weight excluding hydrogens is 172 g/mol. The van der Waals surface area contributed by atoms with E-state index < -0.39 is 0 Å². The standard InChI is InChI=1S/C10H13ClO/c1-8(12)2-3-9-4-6-10(11)7-5-9/h4,6H,2-3,5,7H2,1H3. The van der Waals surface area contributed by atoms with Crippen molar-refractivity contribution in [1.82, 2.24) is 0 Å². The number of hydrogen-bond acceptors (Lipinski definition) is 1. The number of rotatable bonds is 3. The van der Waals surface area contributed by atoms with Gasteiger partial charge in [0.15, 0.2) is 0 Å². The maximum Gasteiger partial charge on any atom is 0.130 e. The highest BCUT2D eigenvalue weighted by Gasteiger charge is 2.04. The van der Waals surface area contributed by atoms with Crippen LogP contribution in [0.15, 0.2) is 22.8 Å². The summed E-state index contributed by atoms with van der Waals surface area (Å²) in [7, 11) is 0. The van der Waals surface area contributed by atoms with Gasteiger partial charge in [-0.15, -0.1) is 0 Å². The van der Waals surface area contributed by atoms with Gasteiger partial charge in [0, 0.05) is 11.5 Å². The lowest BCUT2D eigenvalue weighted by atomic mass is 9.99. The SMILES string of the molecule is CC(=O)CCC1=CC=C(Cl)CC1. The van der Waals surface area contributed by atoms with Gasteiger partial charge >= 0.3 is 0 Å². The summed E-state index contributed by atoms with van der Waals surface area (Å²) in [4.78, 5) is 10.7. The van der Waals surface area contributed by atoms with E-state index in [1.165, 1.54) is 5.57 Å². The Kier molecular flexibility index (Phi) is 3.54. The minimum Gasteiger partial charge on any atom is -0.300 e. The smallest absolute Gasteiger partial charge is 0.130 e. The fourth-order valence-electron chi connectivity index (χ4n) is 1.20. The zero-order valence-corrected chi connectivity index (χ0v) is 8.03. The van der Waals surface area contributed by atoms with Crippen LogP contribution in [0.5, 0.6) is 0 Å². The van der Waals surface area contributed by atoms with Crippen LogP contribution in [0.3, 0.4) is 0 Å². The van der Waals surface area contributed by atoms with Gasteiger partial charge in [0.2, 0.25) is 0 Å². The summed E-state index contributed by atoms with van der Waals surface area (Å²) in [5, 5.41) is 0.918. The van der Waals surface area contributed by atoms with E-state index in [-0.39, 0.29) is 5.78 Å². The normalized spacial score (nSPS) is 16.8. The Morgan fingerprint density at radius 2 is 2.25 bits per heavy atom. The fourth-order valence-corrected chi connectivity index (χ4v) is 1.36. The lowest BCUT2D eigenvalue weighted by Crippen LogP contribution is -1.94. The van der Waals surface area contributed by atoms with E-state index in [1.54, 1.807) is 6.92 Å². The summed E-state index contributed by atoms with van der Waals surface area (Å²) in [6.07, 6.45) is 7.48. The van der Waals surface area contributed by atoms with Crippen LogP contribution in [-0.4, -0.2) is 5.78 Å². The molecule has 0 fully saturated rings. The van der Waals surface area contributed by atoms with Gasteiger partial charge in [0.1, 0.15) is 5.78 Å². The average molecular weight is 185 g/mol. The molecule has 1 nitrogen and oxygen atoms in total. The van der Waals surface area contributed by atoms with Gasteiger partial charge in [-0.2, -0.15) is 0 Å². The van der Waals surface area contributed by atoms with Crippen molar-refractivity contribution in [1.29, 1.82) is 0 Å². The predicted molar refractivity (Wildman–Crippen MR) is 51.2 cm³/mol. The van der Waals surface area contributed by atoms with Crippen LogP contribution in [0.4, 0.5) is 0 Å². The molecule has 1 aliphatic rings. The molecule has 12 heavy (non-hydrogen) atoms. The van der Waals surface area contributed by atoms with Crippen molar-refractivity contribution in [3.05, 3.63) is 22.8 Å². The third-order valence-corrected chi connectivity index (χ3v) is 2.30. The number of carbonyl (C=O) groups excluding carboxylic acids is 1. The maximum absolute atomic E-state index is 10.7. The first-order chi connectivity index (χ1) is 5.68. The minimum atomic E-state index is 0.261. The first kappa shape index (κ1) is 9.53. The Labute approximate surface area is 78.1 Å². The Morgan fingerprint density at radius 1 is 1.50 bits per heavy atom. The van der Waals surface area contributed by atoms with Crippen LogP contribution in [0.1, 0.15) is 32.6 Å². The van der Waals surface area contributed by atoms with Crippen LogP contribution in [-0.2, 0) is 4.79 Å². The van der Waals surface area contributed by atoms with Crippen LogP contribution in [0.2, 0.25) is 0 Å². The molecule has 0 aliphatic heterocycles. The van der Waals surface area contributed by atoms with Gasteiger partial charge in [-0.1, -0.05) is 23.3 Å². The molecule has 2 heteroatoms. The van der Waals surface area contributed by atoms with Crippen molar-refractivity contribution < 1.29 is 4.79 Å². The molecule has 1 aliphatic carbocycles. The van der Waals surface area contributed by atoms with E-state index >= 15 is 0 Å². The van der Waals surface area contributed by atoms with Gasteiger partial charge in [-0.25, -0.2) is 0 Å². The van der Waals surface area contributed by atoms with Gasteiger partial charge in [0.05, 0.1) is 0 Å². The van der Waals surface area contributed by atoms with Gasteiger partial charge in [-0.05, 0) is 32.3 Å². The molecule has 0 saturated carbocycles. The molecule has 0 bridgehead atoms. The Balaban J connectivity index is 2.39. The van der Waals surface area contributed by atoms with Crippen LogP contribution in [0.25, 0.3) is 0 Å². The molecule has 0 amide bonds. The van der Waals surface area contributed by atoms with Crippen molar-refractivity contribution in [2.24, 2.45) is 0 Å². The Morgan fingerprint density at radius 3 is 2.75 bits per heavy atom. The van der Waals surface area contributed by atoms with Gasteiger partial charge in [0.25, 0.3) is 0 Å². The second-order valence-electron chi connectivity index (χ2n) is 3.14. The average Bonchev–Trinajstić information content (AvgIpc) is 2.03. The van der Waals surface area contributed by atoms with Crippen molar-refractivity contribution in [3.63, 3.8) is 0 Å². The molecule has 0 N–H and O–H groups in total. The van der Waals surface area contributed by atoms with E-state index in [0.717, 1.165) is 24.3 Å². The van der Waals surface area contributed by atoms with Crippen LogP contribution < -0.4 is 0 Å². The summed E-state index contributed by atoms with van der Waals surface area (Å²) in [5.74, 6) is 0.261. The molecule has 0 aromatic heterocycles. The third-order valence-electron chi connectivity index (χ3n) is 1.98. The summed E-state index contributed by atoms with van der Waals surface area (Å²) in [6, 6.07) is 0. The molecule has 0 aromatic carbocycles. The summed E-state index contributed by atoms with van der Waals surface area (Å²) in [6.45, 7) is 1.63. The zero-order chi connectivity index (χ0) is 8.97. The molecule has 66 valence electrons. The third kappa shape index (κ3) is 3.22. The monoisotopic (exact) mass is 184 g/mol. The summed E-state index contributed by atoms with van der Waals surface area (Å²) < 4.78 is 0. The summed E-state index contributed by atoms with van der Waals surface area (Å²) in [5.41, 5.74) is 1.34. The molecule has 0 atom stereocenters. The first-order valence-electron chi connectivity index (χ1n) is 4.22. The lowest BCUT2D eigenvalue weighted by Gasteiger charge is -2.09. The molecule has 0 radical (unpaired) electrons. The highest BCUT2D eigenvalue weighted by Crippen LogP contribution is 2.23. The van der Waals surface area contributed by atoms with Crippen molar-refractivity contribution in [3.8, 4) is 0 Å².